The predicted molar refractivity (Wildman–Crippen MR) is 77.8 cm³/mol. The van der Waals surface area contributed by atoms with E-state index < -0.39 is 24.0 Å². The van der Waals surface area contributed by atoms with Crippen molar-refractivity contribution in [2.45, 2.75) is 19.4 Å². The summed E-state index contributed by atoms with van der Waals surface area (Å²) >= 11 is 5.90. The number of esters is 1. The third-order valence-electron chi connectivity index (χ3n) is 2.44. The number of carbonyl (C=O) groups is 3. The Morgan fingerprint density at radius 2 is 2.00 bits per heavy atom. The van der Waals surface area contributed by atoms with Crippen molar-refractivity contribution in [3.63, 3.8) is 0 Å². The third kappa shape index (κ3) is 6.13. The van der Waals surface area contributed by atoms with E-state index in [9.17, 15) is 14.4 Å². The molecule has 8 heteroatoms. The molecule has 0 saturated heterocycles. The quantitative estimate of drug-likeness (QED) is 0.687. The van der Waals surface area contributed by atoms with Crippen LogP contribution in [0.4, 0.5) is 10.5 Å². The van der Waals surface area contributed by atoms with Crippen molar-refractivity contribution in [1.82, 2.24) is 5.32 Å². The minimum atomic E-state index is -0.984. The number of hydrogen-bond acceptors (Lipinski definition) is 4. The molecule has 1 rings (SSSR count). The summed E-state index contributed by atoms with van der Waals surface area (Å²) in [7, 11) is 0. The van der Waals surface area contributed by atoms with Crippen LogP contribution in [-0.2, 0) is 14.3 Å². The fraction of sp³-hybridized carbons (Fsp3) is 0.308. The Morgan fingerprint density at radius 1 is 1.33 bits per heavy atom. The second-order valence-corrected chi connectivity index (χ2v) is 4.55. The lowest BCUT2D eigenvalue weighted by Gasteiger charge is -2.14. The molecule has 0 radical (unpaired) electrons. The Labute approximate surface area is 126 Å². The number of primary amides is 1. The number of carbonyl (C=O) groups excluding carboxylic acids is 3. The zero-order valence-corrected chi connectivity index (χ0v) is 12.1. The Balaban J connectivity index is 2.42. The van der Waals surface area contributed by atoms with Crippen molar-refractivity contribution >= 4 is 35.2 Å². The molecule has 0 aliphatic carbocycles. The number of nitrogens with one attached hydrogen (secondary N) is 2. The highest BCUT2D eigenvalue weighted by Gasteiger charge is 2.18. The van der Waals surface area contributed by atoms with Crippen LogP contribution in [0.2, 0.25) is 5.02 Å². The molecule has 0 fully saturated rings. The summed E-state index contributed by atoms with van der Waals surface area (Å²) in [6.45, 7) is 1.48. The van der Waals surface area contributed by atoms with Crippen LogP contribution in [0.25, 0.3) is 0 Å². The number of urea groups is 1. The Kier molecular flexibility index (Phi) is 6.48. The van der Waals surface area contributed by atoms with Gasteiger partial charge in [-0.3, -0.25) is 9.59 Å². The number of rotatable bonds is 6. The Morgan fingerprint density at radius 3 is 2.62 bits per heavy atom. The first kappa shape index (κ1) is 16.8. The summed E-state index contributed by atoms with van der Waals surface area (Å²) in [5.41, 5.74) is 5.28. The highest BCUT2D eigenvalue weighted by molar-refractivity contribution is 6.33. The van der Waals surface area contributed by atoms with Gasteiger partial charge in [-0.1, -0.05) is 23.7 Å². The second-order valence-electron chi connectivity index (χ2n) is 4.14. The van der Waals surface area contributed by atoms with Gasteiger partial charge < -0.3 is 21.1 Å². The van der Waals surface area contributed by atoms with Gasteiger partial charge in [0, 0.05) is 6.54 Å². The van der Waals surface area contributed by atoms with E-state index in [1.807, 2.05) is 0 Å². The molecule has 0 bridgehead atoms. The molecule has 1 aromatic rings. The number of halogens is 1. The van der Waals surface area contributed by atoms with Crippen molar-refractivity contribution in [1.29, 1.82) is 0 Å². The van der Waals surface area contributed by atoms with Crippen molar-refractivity contribution in [2.24, 2.45) is 5.73 Å². The number of hydrogen-bond donors (Lipinski definition) is 3. The molecule has 0 saturated carbocycles. The van der Waals surface area contributed by atoms with Crippen molar-refractivity contribution in [2.75, 3.05) is 11.9 Å². The maximum absolute atomic E-state index is 11.8. The normalized spacial score (nSPS) is 11.3. The fourth-order valence-corrected chi connectivity index (χ4v) is 1.58. The van der Waals surface area contributed by atoms with Gasteiger partial charge in [-0.15, -0.1) is 0 Å². The number of benzene rings is 1. The standard InChI is InChI=1S/C13H16ClN3O4/c1-8(21-11(18)6-7-16-13(15)20)12(19)17-10-5-3-2-4-9(10)14/h2-5,8H,6-7H2,1H3,(H,17,19)(H3,15,16,20)/t8-/m0/s1. The number of para-hydroxylation sites is 1. The van der Waals surface area contributed by atoms with Gasteiger partial charge in [0.25, 0.3) is 5.91 Å². The van der Waals surface area contributed by atoms with E-state index in [1.165, 1.54) is 6.92 Å². The van der Waals surface area contributed by atoms with Gasteiger partial charge in [-0.2, -0.15) is 0 Å². The monoisotopic (exact) mass is 313 g/mol. The van der Waals surface area contributed by atoms with E-state index >= 15 is 0 Å². The van der Waals surface area contributed by atoms with Crippen molar-refractivity contribution < 1.29 is 19.1 Å². The van der Waals surface area contributed by atoms with E-state index in [2.05, 4.69) is 10.6 Å². The highest BCUT2D eigenvalue weighted by atomic mass is 35.5. The van der Waals surface area contributed by atoms with Crippen molar-refractivity contribution in [3.05, 3.63) is 29.3 Å². The van der Waals surface area contributed by atoms with E-state index in [-0.39, 0.29) is 13.0 Å². The lowest BCUT2D eigenvalue weighted by Crippen LogP contribution is -2.33. The first-order valence-corrected chi connectivity index (χ1v) is 6.56. The molecular weight excluding hydrogens is 298 g/mol. The molecule has 0 aromatic heterocycles. The van der Waals surface area contributed by atoms with Crippen LogP contribution in [-0.4, -0.2) is 30.6 Å². The van der Waals surface area contributed by atoms with Gasteiger partial charge in [-0.05, 0) is 19.1 Å². The first-order valence-electron chi connectivity index (χ1n) is 6.18. The highest BCUT2D eigenvalue weighted by Crippen LogP contribution is 2.20. The van der Waals surface area contributed by atoms with Crippen LogP contribution < -0.4 is 16.4 Å². The molecule has 0 heterocycles. The first-order chi connectivity index (χ1) is 9.90. The summed E-state index contributed by atoms with van der Waals surface area (Å²) in [4.78, 5) is 33.7. The lowest BCUT2D eigenvalue weighted by molar-refractivity contribution is -0.153. The summed E-state index contributed by atoms with van der Waals surface area (Å²) < 4.78 is 4.92. The van der Waals surface area contributed by atoms with Gasteiger partial charge in [-0.25, -0.2) is 4.79 Å². The minimum Gasteiger partial charge on any atom is -0.452 e. The maximum atomic E-state index is 11.8. The molecule has 0 spiro atoms. The second kappa shape index (κ2) is 8.11. The molecular formula is C13H16ClN3O4. The third-order valence-corrected chi connectivity index (χ3v) is 2.77. The molecule has 1 atom stereocenters. The molecule has 4 N–H and O–H groups in total. The molecule has 0 unspecified atom stereocenters. The van der Waals surface area contributed by atoms with Gasteiger partial charge >= 0.3 is 12.0 Å². The minimum absolute atomic E-state index is 0.0486. The average molecular weight is 314 g/mol. The maximum Gasteiger partial charge on any atom is 0.312 e. The molecule has 7 nitrogen and oxygen atoms in total. The van der Waals surface area contributed by atoms with E-state index in [0.29, 0.717) is 10.7 Å². The number of nitrogens with two attached hydrogens (primary N) is 1. The van der Waals surface area contributed by atoms with Crippen LogP contribution in [0.5, 0.6) is 0 Å². The van der Waals surface area contributed by atoms with Crippen LogP contribution in [0, 0.1) is 0 Å². The van der Waals surface area contributed by atoms with E-state index in [1.54, 1.807) is 24.3 Å². The van der Waals surface area contributed by atoms with Gasteiger partial charge in [0.05, 0.1) is 17.1 Å². The van der Waals surface area contributed by atoms with Gasteiger partial charge in [0.15, 0.2) is 6.10 Å². The molecule has 1 aromatic carbocycles. The zero-order chi connectivity index (χ0) is 15.8. The van der Waals surface area contributed by atoms with Crippen molar-refractivity contribution in [3.8, 4) is 0 Å². The summed E-state index contributed by atoms with van der Waals surface area (Å²) in [5, 5.41) is 5.18. The number of amides is 3. The molecule has 0 aliphatic rings. The van der Waals surface area contributed by atoms with Crippen LogP contribution in [0.3, 0.4) is 0 Å². The average Bonchev–Trinajstić information content (AvgIpc) is 2.40. The van der Waals surface area contributed by atoms with Crippen LogP contribution in [0.15, 0.2) is 24.3 Å². The zero-order valence-electron chi connectivity index (χ0n) is 11.4. The SMILES string of the molecule is C[C@H](OC(=O)CCNC(N)=O)C(=O)Nc1ccccc1Cl. The Hall–Kier alpha value is -2.28. The molecule has 0 aliphatic heterocycles. The summed E-state index contributed by atoms with van der Waals surface area (Å²) in [6, 6.07) is 5.97. The van der Waals surface area contributed by atoms with E-state index in [4.69, 9.17) is 22.1 Å². The molecule has 21 heavy (non-hydrogen) atoms. The van der Waals surface area contributed by atoms with Gasteiger partial charge in [0.1, 0.15) is 0 Å². The summed E-state index contributed by atoms with van der Waals surface area (Å²) in [6.07, 6.45) is -1.06. The van der Waals surface area contributed by atoms with E-state index in [0.717, 1.165) is 0 Å². The molecule has 114 valence electrons. The van der Waals surface area contributed by atoms with Crippen LogP contribution >= 0.6 is 11.6 Å². The number of anilines is 1. The fourth-order valence-electron chi connectivity index (χ4n) is 1.39. The topological polar surface area (TPSA) is 111 Å². The largest absolute Gasteiger partial charge is 0.452 e. The summed E-state index contributed by atoms with van der Waals surface area (Å²) in [5.74, 6) is -1.12. The van der Waals surface area contributed by atoms with Gasteiger partial charge in [0.2, 0.25) is 0 Å². The number of ether oxygens (including phenoxy) is 1. The predicted octanol–water partition coefficient (Wildman–Crippen LogP) is 1.27. The smallest absolute Gasteiger partial charge is 0.312 e. The lowest BCUT2D eigenvalue weighted by atomic mass is 10.3. The van der Waals surface area contributed by atoms with Crippen LogP contribution in [0.1, 0.15) is 13.3 Å². The molecule has 3 amide bonds. The Bertz CT molecular complexity index is 536.